The summed E-state index contributed by atoms with van der Waals surface area (Å²) in [5.41, 5.74) is 0.604. The van der Waals surface area contributed by atoms with Gasteiger partial charge in [0.1, 0.15) is 0 Å². The highest BCUT2D eigenvalue weighted by molar-refractivity contribution is 4.92. The maximum atomic E-state index is 3.43. The van der Waals surface area contributed by atoms with Crippen LogP contribution in [0.4, 0.5) is 0 Å². The van der Waals surface area contributed by atoms with Gasteiger partial charge in [-0.2, -0.15) is 0 Å². The number of hydrogen-bond donors (Lipinski definition) is 1. The predicted molar refractivity (Wildman–Crippen MR) is 69.7 cm³/mol. The Morgan fingerprint density at radius 1 is 1.25 bits per heavy atom. The van der Waals surface area contributed by atoms with E-state index in [4.69, 9.17) is 0 Å². The second-order valence-corrected chi connectivity index (χ2v) is 5.91. The highest BCUT2D eigenvalue weighted by Crippen LogP contribution is 2.39. The Hall–Kier alpha value is -0.0800. The van der Waals surface area contributed by atoms with Crippen molar-refractivity contribution < 1.29 is 0 Å². The Morgan fingerprint density at radius 3 is 2.62 bits per heavy atom. The second-order valence-electron chi connectivity index (χ2n) is 5.91. The van der Waals surface area contributed by atoms with Gasteiger partial charge in [0, 0.05) is 19.1 Å². The van der Waals surface area contributed by atoms with Crippen LogP contribution in [0.2, 0.25) is 0 Å². The Morgan fingerprint density at radius 2 is 2.00 bits per heavy atom. The van der Waals surface area contributed by atoms with E-state index in [9.17, 15) is 0 Å². The molecule has 94 valence electrons. The fourth-order valence-corrected chi connectivity index (χ4v) is 3.89. The predicted octanol–water partition coefficient (Wildman–Crippen LogP) is 2.64. The molecule has 1 saturated heterocycles. The minimum absolute atomic E-state index is 0.604. The van der Waals surface area contributed by atoms with Crippen LogP contribution in [0.1, 0.15) is 51.9 Å². The van der Waals surface area contributed by atoms with Crippen molar-refractivity contribution in [3.8, 4) is 0 Å². The van der Waals surface area contributed by atoms with Gasteiger partial charge in [0.25, 0.3) is 0 Å². The van der Waals surface area contributed by atoms with Crippen LogP contribution >= 0.6 is 0 Å². The van der Waals surface area contributed by atoms with Gasteiger partial charge in [0.15, 0.2) is 0 Å². The van der Waals surface area contributed by atoms with Gasteiger partial charge < -0.3 is 5.32 Å². The lowest BCUT2D eigenvalue weighted by Crippen LogP contribution is -2.43. The van der Waals surface area contributed by atoms with E-state index in [2.05, 4.69) is 24.2 Å². The number of hydrogen-bond acceptors (Lipinski definition) is 2. The number of likely N-dealkylation sites (tertiary alicyclic amines) is 1. The van der Waals surface area contributed by atoms with E-state index < -0.39 is 0 Å². The van der Waals surface area contributed by atoms with Gasteiger partial charge in [-0.15, -0.1) is 0 Å². The topological polar surface area (TPSA) is 15.3 Å². The quantitative estimate of drug-likeness (QED) is 0.772. The number of nitrogens with zero attached hydrogens (tertiary/aromatic N) is 1. The van der Waals surface area contributed by atoms with Crippen LogP contribution in [-0.2, 0) is 0 Å². The van der Waals surface area contributed by atoms with Crippen molar-refractivity contribution in [2.45, 2.75) is 57.9 Å². The van der Waals surface area contributed by atoms with E-state index in [1.807, 2.05) is 0 Å². The van der Waals surface area contributed by atoms with Gasteiger partial charge in [-0.1, -0.05) is 19.8 Å². The monoisotopic (exact) mass is 224 g/mol. The summed E-state index contributed by atoms with van der Waals surface area (Å²) < 4.78 is 0. The first-order chi connectivity index (χ1) is 7.79. The summed E-state index contributed by atoms with van der Waals surface area (Å²) in [5.74, 6) is 0. The third-order valence-corrected chi connectivity index (χ3v) is 4.72. The average Bonchev–Trinajstić information content (AvgIpc) is 2.89. The Labute approximate surface area is 101 Å². The van der Waals surface area contributed by atoms with Crippen LogP contribution in [0.15, 0.2) is 0 Å². The first-order valence-corrected chi connectivity index (χ1v) is 7.18. The molecule has 1 N–H and O–H groups in total. The Kier molecular flexibility index (Phi) is 4.26. The van der Waals surface area contributed by atoms with Crippen LogP contribution < -0.4 is 5.32 Å². The van der Waals surface area contributed by atoms with Crippen LogP contribution in [-0.4, -0.2) is 37.6 Å². The smallest absolute Gasteiger partial charge is 0.00933 e. The second kappa shape index (κ2) is 5.50. The van der Waals surface area contributed by atoms with Crippen molar-refractivity contribution >= 4 is 0 Å². The van der Waals surface area contributed by atoms with Crippen LogP contribution in [0.5, 0.6) is 0 Å². The standard InChI is InChI=1S/C14H28N2/c1-3-13-7-6-10-16(13)12-14(11-15-2)8-4-5-9-14/h13,15H,3-12H2,1-2H3. The lowest BCUT2D eigenvalue weighted by atomic mass is 9.85. The summed E-state index contributed by atoms with van der Waals surface area (Å²) in [6.07, 6.45) is 10.00. The van der Waals surface area contributed by atoms with Gasteiger partial charge in [0.2, 0.25) is 0 Å². The van der Waals surface area contributed by atoms with Crippen LogP contribution in [0.3, 0.4) is 0 Å². The maximum Gasteiger partial charge on any atom is 0.00933 e. The largest absolute Gasteiger partial charge is 0.319 e. The molecular weight excluding hydrogens is 196 g/mol. The molecule has 1 aliphatic carbocycles. The van der Waals surface area contributed by atoms with Crippen molar-refractivity contribution in [3.05, 3.63) is 0 Å². The molecule has 0 amide bonds. The van der Waals surface area contributed by atoms with Gasteiger partial charge in [-0.25, -0.2) is 0 Å². The van der Waals surface area contributed by atoms with Crippen LogP contribution in [0, 0.1) is 5.41 Å². The molecule has 2 aliphatic rings. The highest BCUT2D eigenvalue weighted by atomic mass is 15.2. The average molecular weight is 224 g/mol. The molecule has 2 nitrogen and oxygen atoms in total. The first kappa shape index (κ1) is 12.4. The van der Waals surface area contributed by atoms with Gasteiger partial charge in [0.05, 0.1) is 0 Å². The number of nitrogens with one attached hydrogen (secondary N) is 1. The molecule has 2 rings (SSSR count). The molecule has 1 saturated carbocycles. The lowest BCUT2D eigenvalue weighted by Gasteiger charge is -2.36. The molecule has 1 unspecified atom stereocenters. The normalized spacial score (nSPS) is 30.0. The van der Waals surface area contributed by atoms with E-state index in [-0.39, 0.29) is 0 Å². The van der Waals surface area contributed by atoms with Gasteiger partial charge in [-0.05, 0) is 51.1 Å². The molecule has 0 aromatic heterocycles. The molecule has 1 heterocycles. The van der Waals surface area contributed by atoms with Gasteiger partial charge in [-0.3, -0.25) is 4.90 Å². The first-order valence-electron chi connectivity index (χ1n) is 7.18. The maximum absolute atomic E-state index is 3.43. The summed E-state index contributed by atoms with van der Waals surface area (Å²) in [5, 5.41) is 3.43. The Balaban J connectivity index is 1.94. The summed E-state index contributed by atoms with van der Waals surface area (Å²) in [6, 6.07) is 0.884. The fraction of sp³-hybridized carbons (Fsp3) is 1.00. The zero-order valence-electron chi connectivity index (χ0n) is 11.1. The molecule has 0 spiro atoms. The molecular formula is C14H28N2. The summed E-state index contributed by atoms with van der Waals surface area (Å²) in [6.45, 7) is 6.28. The van der Waals surface area contributed by atoms with Crippen LogP contribution in [0.25, 0.3) is 0 Å². The zero-order chi connectivity index (χ0) is 11.4. The summed E-state index contributed by atoms with van der Waals surface area (Å²) in [4.78, 5) is 2.78. The van der Waals surface area contributed by atoms with Crippen molar-refractivity contribution in [1.29, 1.82) is 0 Å². The third kappa shape index (κ3) is 2.60. The molecule has 0 aromatic rings. The fourth-order valence-electron chi connectivity index (χ4n) is 3.89. The minimum atomic E-state index is 0.604. The molecule has 0 aromatic carbocycles. The van der Waals surface area contributed by atoms with E-state index in [0.29, 0.717) is 5.41 Å². The molecule has 16 heavy (non-hydrogen) atoms. The summed E-state index contributed by atoms with van der Waals surface area (Å²) in [7, 11) is 2.11. The third-order valence-electron chi connectivity index (χ3n) is 4.72. The summed E-state index contributed by atoms with van der Waals surface area (Å²) >= 11 is 0. The highest BCUT2D eigenvalue weighted by Gasteiger charge is 2.37. The van der Waals surface area contributed by atoms with Gasteiger partial charge >= 0.3 is 0 Å². The molecule has 0 bridgehead atoms. The van der Waals surface area contributed by atoms with E-state index in [1.165, 1.54) is 64.6 Å². The molecule has 2 fully saturated rings. The van der Waals surface area contributed by atoms with Crippen molar-refractivity contribution in [1.82, 2.24) is 10.2 Å². The molecule has 1 aliphatic heterocycles. The van der Waals surface area contributed by atoms with E-state index >= 15 is 0 Å². The molecule has 2 heteroatoms. The molecule has 1 atom stereocenters. The number of rotatable bonds is 5. The molecule has 0 radical (unpaired) electrons. The van der Waals surface area contributed by atoms with Crippen molar-refractivity contribution in [3.63, 3.8) is 0 Å². The minimum Gasteiger partial charge on any atom is -0.319 e. The van der Waals surface area contributed by atoms with Crippen molar-refractivity contribution in [2.24, 2.45) is 5.41 Å². The zero-order valence-corrected chi connectivity index (χ0v) is 11.1. The lowest BCUT2D eigenvalue weighted by molar-refractivity contribution is 0.138. The van der Waals surface area contributed by atoms with E-state index in [0.717, 1.165) is 6.04 Å². The Bertz CT molecular complexity index is 209. The van der Waals surface area contributed by atoms with Crippen molar-refractivity contribution in [2.75, 3.05) is 26.7 Å². The van der Waals surface area contributed by atoms with E-state index in [1.54, 1.807) is 0 Å². The SMILES string of the molecule is CCC1CCCN1CC1(CNC)CCCC1.